The predicted octanol–water partition coefficient (Wildman–Crippen LogP) is 8.40. The Morgan fingerprint density at radius 3 is 2.57 bits per heavy atom. The van der Waals surface area contributed by atoms with Gasteiger partial charge in [-0.05, 0) is 77.7 Å². The summed E-state index contributed by atoms with van der Waals surface area (Å²) in [7, 11) is 0. The van der Waals surface area contributed by atoms with Crippen molar-refractivity contribution in [3.8, 4) is 17.2 Å². The van der Waals surface area contributed by atoms with Gasteiger partial charge in [-0.15, -0.1) is 0 Å². The molecule has 0 unspecified atom stereocenters. The summed E-state index contributed by atoms with van der Waals surface area (Å²) in [4.78, 5) is 6.62. The molecule has 0 spiro atoms. The number of fused-ring (bicyclic) bond motifs is 1. The van der Waals surface area contributed by atoms with Gasteiger partial charge in [0.1, 0.15) is 30.0 Å². The summed E-state index contributed by atoms with van der Waals surface area (Å²) in [5, 5.41) is 1.04. The summed E-state index contributed by atoms with van der Waals surface area (Å²) >= 11 is 12.7. The van der Waals surface area contributed by atoms with Crippen LogP contribution in [0.15, 0.2) is 116 Å². The normalized spacial score (nSPS) is 19.6. The number of nitrogens with zero attached hydrogens (tertiary/aromatic N) is 3. The lowest BCUT2D eigenvalue weighted by Gasteiger charge is -2.29. The van der Waals surface area contributed by atoms with Crippen molar-refractivity contribution in [1.82, 2.24) is 14.5 Å². The first-order chi connectivity index (χ1) is 23.0. The van der Waals surface area contributed by atoms with Gasteiger partial charge in [0.25, 0.3) is 0 Å². The molecule has 1 aromatic heterocycles. The number of rotatable bonds is 11. The first kappa shape index (κ1) is 31.5. The van der Waals surface area contributed by atoms with E-state index in [-0.39, 0.29) is 6.10 Å². The molecule has 0 N–H and O–H groups in total. The van der Waals surface area contributed by atoms with Crippen molar-refractivity contribution in [1.29, 1.82) is 0 Å². The smallest absolute Gasteiger partial charge is 0.214 e. The van der Waals surface area contributed by atoms with Gasteiger partial charge in [0.2, 0.25) is 5.79 Å². The summed E-state index contributed by atoms with van der Waals surface area (Å²) in [6, 6.07) is 29.7. The van der Waals surface area contributed by atoms with Crippen molar-refractivity contribution in [3.05, 3.63) is 148 Å². The second-order valence-electron chi connectivity index (χ2n) is 11.8. The number of imidazole rings is 1. The van der Waals surface area contributed by atoms with Crippen molar-refractivity contribution >= 4 is 29.3 Å². The van der Waals surface area contributed by atoms with Gasteiger partial charge >= 0.3 is 0 Å². The van der Waals surface area contributed by atoms with Gasteiger partial charge in [-0.2, -0.15) is 0 Å². The molecule has 3 heterocycles. The molecule has 7 rings (SSSR count). The largest absolute Gasteiger partial charge is 0.491 e. The van der Waals surface area contributed by atoms with Gasteiger partial charge in [-0.3, -0.25) is 4.90 Å². The van der Waals surface area contributed by atoms with Crippen molar-refractivity contribution < 1.29 is 18.9 Å². The maximum atomic E-state index is 6.54. The molecule has 5 aromatic rings. The van der Waals surface area contributed by atoms with Gasteiger partial charge in [0.05, 0.1) is 19.5 Å². The minimum absolute atomic E-state index is 0.278. The molecule has 4 aromatic carbocycles. The van der Waals surface area contributed by atoms with Crippen LogP contribution in [-0.2, 0) is 34.8 Å². The molecule has 240 valence electrons. The number of benzene rings is 4. The van der Waals surface area contributed by atoms with Gasteiger partial charge in [0.15, 0.2) is 0 Å². The van der Waals surface area contributed by atoms with Crippen LogP contribution < -0.4 is 9.47 Å². The Morgan fingerprint density at radius 2 is 1.74 bits per heavy atom. The van der Waals surface area contributed by atoms with Crippen molar-refractivity contribution in [2.75, 3.05) is 26.3 Å². The van der Waals surface area contributed by atoms with Gasteiger partial charge < -0.3 is 23.5 Å². The molecule has 0 saturated carbocycles. The van der Waals surface area contributed by atoms with Crippen LogP contribution >= 0.6 is 23.2 Å². The molecule has 0 radical (unpaired) electrons. The predicted molar refractivity (Wildman–Crippen MR) is 184 cm³/mol. The maximum absolute atomic E-state index is 6.54. The molecule has 1 saturated heterocycles. The van der Waals surface area contributed by atoms with Crippen LogP contribution in [-0.4, -0.2) is 46.9 Å². The highest BCUT2D eigenvalue weighted by atomic mass is 35.5. The lowest BCUT2D eigenvalue weighted by molar-refractivity contribution is -0.189. The van der Waals surface area contributed by atoms with Crippen LogP contribution in [0, 0.1) is 0 Å². The monoisotopic (exact) mass is 667 g/mol. The zero-order valence-corrected chi connectivity index (χ0v) is 27.3. The fraction of sp³-hybridized carbons (Fsp3) is 0.237. The minimum atomic E-state index is -1.06. The number of ether oxygens (including phenoxy) is 4. The standard InChI is InChI=1S/C38H35Cl2N3O4/c39-32-20-31(21-33(40)22-32)38(26-43-17-14-41-27-43)45-25-37(47-38)24-44-35-12-11-30-23-42(16-13-29(30)19-35)15-5-7-28-6-4-10-36(18-28)46-34-8-2-1-3-9-34/h1-12,14,17-22,27,37H,13,15-16,23-26H2/t37-,38-/m0/s1. The third-order valence-corrected chi connectivity index (χ3v) is 8.76. The summed E-state index contributed by atoms with van der Waals surface area (Å²) in [6.07, 6.45) is 10.4. The van der Waals surface area contributed by atoms with Crippen LogP contribution in [0.25, 0.3) is 6.08 Å². The lowest BCUT2D eigenvalue weighted by atomic mass is 9.99. The van der Waals surface area contributed by atoms with E-state index in [0.29, 0.717) is 29.8 Å². The minimum Gasteiger partial charge on any atom is -0.491 e. The van der Waals surface area contributed by atoms with E-state index in [1.54, 1.807) is 18.6 Å². The maximum Gasteiger partial charge on any atom is 0.214 e. The van der Waals surface area contributed by atoms with Crippen LogP contribution in [0.5, 0.6) is 17.2 Å². The van der Waals surface area contributed by atoms with Crippen molar-refractivity contribution in [2.45, 2.75) is 31.4 Å². The van der Waals surface area contributed by atoms with E-state index in [2.05, 4.69) is 46.3 Å². The average Bonchev–Trinajstić information content (AvgIpc) is 3.75. The molecule has 47 heavy (non-hydrogen) atoms. The number of hydrogen-bond acceptors (Lipinski definition) is 6. The number of para-hydroxylation sites is 1. The number of halogens is 2. The van der Waals surface area contributed by atoms with E-state index >= 15 is 0 Å². The van der Waals surface area contributed by atoms with E-state index in [1.165, 1.54) is 11.1 Å². The molecule has 2 aliphatic rings. The molecular weight excluding hydrogens is 633 g/mol. The molecule has 2 aliphatic heterocycles. The Bertz CT molecular complexity index is 1810. The Hall–Kier alpha value is -4.11. The lowest BCUT2D eigenvalue weighted by Crippen LogP contribution is -2.34. The third kappa shape index (κ3) is 7.89. The Morgan fingerprint density at radius 1 is 0.894 bits per heavy atom. The van der Waals surface area contributed by atoms with Crippen molar-refractivity contribution in [3.63, 3.8) is 0 Å². The van der Waals surface area contributed by atoms with Crippen LogP contribution in [0.4, 0.5) is 0 Å². The Balaban J connectivity index is 0.933. The number of aromatic nitrogens is 2. The second kappa shape index (κ2) is 14.3. The SMILES string of the molecule is Clc1cc(Cl)cc([C@@]2(Cn3ccnc3)OC[C@H](COc3ccc4c(c3)CCN(CC=Cc3cccc(Oc5ccccc5)c3)C4)O2)c1. The zero-order chi connectivity index (χ0) is 32.1. The zero-order valence-electron chi connectivity index (χ0n) is 25.8. The topological polar surface area (TPSA) is 58.0 Å². The van der Waals surface area contributed by atoms with E-state index in [0.717, 1.165) is 54.4 Å². The highest BCUT2D eigenvalue weighted by Gasteiger charge is 2.44. The quantitative estimate of drug-likeness (QED) is 0.141. The summed E-state index contributed by atoms with van der Waals surface area (Å²) in [5.74, 6) is 1.43. The van der Waals surface area contributed by atoms with Crippen molar-refractivity contribution in [2.24, 2.45) is 0 Å². The molecule has 7 nitrogen and oxygen atoms in total. The van der Waals surface area contributed by atoms with E-state index in [1.807, 2.05) is 71.4 Å². The summed E-state index contributed by atoms with van der Waals surface area (Å²) in [6.45, 7) is 3.88. The second-order valence-corrected chi connectivity index (χ2v) is 12.7. The van der Waals surface area contributed by atoms with E-state index in [9.17, 15) is 0 Å². The number of hydrogen-bond donors (Lipinski definition) is 0. The first-order valence-electron chi connectivity index (χ1n) is 15.7. The average molecular weight is 669 g/mol. The molecule has 9 heteroatoms. The molecule has 1 fully saturated rings. The highest BCUT2D eigenvalue weighted by Crippen LogP contribution is 2.39. The van der Waals surface area contributed by atoms with Gasteiger partial charge in [0, 0.05) is 47.6 Å². The fourth-order valence-corrected chi connectivity index (χ4v) is 6.56. The Labute approximate surface area is 284 Å². The molecule has 0 amide bonds. The summed E-state index contributed by atoms with van der Waals surface area (Å²) < 4.78 is 27.0. The first-order valence-corrected chi connectivity index (χ1v) is 16.5. The van der Waals surface area contributed by atoms with E-state index < -0.39 is 5.79 Å². The Kier molecular flexibility index (Phi) is 9.61. The summed E-state index contributed by atoms with van der Waals surface area (Å²) in [5.41, 5.74) is 4.52. The fourth-order valence-electron chi connectivity index (χ4n) is 6.03. The van der Waals surface area contributed by atoms with Crippen LogP contribution in [0.1, 0.15) is 22.3 Å². The molecule has 0 aliphatic carbocycles. The third-order valence-electron chi connectivity index (χ3n) is 8.33. The molecular formula is C38H35Cl2N3O4. The van der Waals surface area contributed by atoms with Crippen LogP contribution in [0.3, 0.4) is 0 Å². The molecule has 0 bridgehead atoms. The van der Waals surface area contributed by atoms with Gasteiger partial charge in [-0.25, -0.2) is 4.98 Å². The van der Waals surface area contributed by atoms with Crippen LogP contribution in [0.2, 0.25) is 10.0 Å². The highest BCUT2D eigenvalue weighted by molar-refractivity contribution is 6.34. The molecule has 2 atom stereocenters. The van der Waals surface area contributed by atoms with Gasteiger partial charge in [-0.1, -0.05) is 71.8 Å². The van der Waals surface area contributed by atoms with E-state index in [4.69, 9.17) is 42.1 Å².